The lowest BCUT2D eigenvalue weighted by atomic mass is 10.1. The quantitative estimate of drug-likeness (QED) is 0.397. The number of carboxylic acid groups (broad SMARTS) is 1. The van der Waals surface area contributed by atoms with E-state index in [0.717, 1.165) is 0 Å². The second-order valence-electron chi connectivity index (χ2n) is 2.84. The summed E-state index contributed by atoms with van der Waals surface area (Å²) >= 11 is 0. The maximum atomic E-state index is 10.5. The van der Waals surface area contributed by atoms with Crippen molar-refractivity contribution in [3.63, 3.8) is 0 Å². The number of amides is 1. The predicted octanol–water partition coefficient (Wildman–Crippen LogP) is -1.51. The van der Waals surface area contributed by atoms with Gasteiger partial charge in [-0.2, -0.15) is 13.1 Å². The van der Waals surface area contributed by atoms with E-state index in [1.165, 1.54) is 4.72 Å². The molecule has 0 heterocycles. The van der Waals surface area contributed by atoms with Gasteiger partial charge in [0.2, 0.25) is 5.91 Å². The Labute approximate surface area is 86.3 Å². The summed E-state index contributed by atoms with van der Waals surface area (Å²) in [6.45, 7) is 0. The zero-order valence-corrected chi connectivity index (χ0v) is 8.53. The average Bonchev–Trinajstić information content (AvgIpc) is 1.99. The van der Waals surface area contributed by atoms with E-state index < -0.39 is 28.2 Å². The van der Waals surface area contributed by atoms with E-state index >= 15 is 0 Å². The molecule has 0 aliphatic rings. The van der Waals surface area contributed by atoms with Crippen molar-refractivity contribution in [2.45, 2.75) is 25.3 Å². The predicted molar refractivity (Wildman–Crippen MR) is 49.2 cm³/mol. The van der Waals surface area contributed by atoms with Crippen molar-refractivity contribution in [3.05, 3.63) is 0 Å². The van der Waals surface area contributed by atoms with Crippen LogP contribution in [0.25, 0.3) is 0 Å². The van der Waals surface area contributed by atoms with Gasteiger partial charge in [-0.3, -0.25) is 14.1 Å². The molecule has 0 bridgehead atoms. The molecular weight excluding hydrogens is 228 g/mol. The first-order valence-corrected chi connectivity index (χ1v) is 5.42. The Morgan fingerprint density at radius 2 is 1.93 bits per heavy atom. The van der Waals surface area contributed by atoms with Crippen molar-refractivity contribution in [3.8, 4) is 0 Å². The highest BCUT2D eigenvalue weighted by molar-refractivity contribution is 7.83. The minimum Gasteiger partial charge on any atom is -0.480 e. The van der Waals surface area contributed by atoms with Crippen LogP contribution in [0.4, 0.5) is 0 Å². The van der Waals surface area contributed by atoms with E-state index in [2.05, 4.69) is 0 Å². The zero-order valence-electron chi connectivity index (χ0n) is 7.71. The molecule has 0 radical (unpaired) electrons. The van der Waals surface area contributed by atoms with Gasteiger partial charge in [-0.25, -0.2) is 0 Å². The number of carbonyl (C=O) groups is 2. The maximum absolute atomic E-state index is 10.5. The Bertz CT molecular complexity index is 338. The smallest absolute Gasteiger partial charge is 0.334 e. The zero-order chi connectivity index (χ0) is 12.1. The van der Waals surface area contributed by atoms with Gasteiger partial charge >= 0.3 is 16.3 Å². The summed E-state index contributed by atoms with van der Waals surface area (Å²) in [5, 5.41) is 8.55. The van der Waals surface area contributed by atoms with Crippen LogP contribution in [0.5, 0.6) is 0 Å². The van der Waals surface area contributed by atoms with Gasteiger partial charge in [0.25, 0.3) is 0 Å². The van der Waals surface area contributed by atoms with Crippen LogP contribution in [0.2, 0.25) is 0 Å². The van der Waals surface area contributed by atoms with Gasteiger partial charge in [-0.15, -0.1) is 0 Å². The minimum atomic E-state index is -4.57. The third kappa shape index (κ3) is 7.85. The minimum absolute atomic E-state index is 0.0447. The molecule has 0 saturated carbocycles. The number of nitrogens with one attached hydrogen (secondary N) is 1. The molecule has 9 heteroatoms. The lowest BCUT2D eigenvalue weighted by Gasteiger charge is -2.10. The van der Waals surface area contributed by atoms with Crippen LogP contribution >= 0.6 is 0 Å². The Kier molecular flexibility index (Phi) is 5.19. The largest absolute Gasteiger partial charge is 0.480 e. The van der Waals surface area contributed by atoms with E-state index in [0.29, 0.717) is 0 Å². The van der Waals surface area contributed by atoms with Crippen LogP contribution in [-0.2, 0) is 19.9 Å². The summed E-state index contributed by atoms with van der Waals surface area (Å²) in [6.07, 6.45) is -0.0518. The molecule has 0 spiro atoms. The van der Waals surface area contributed by atoms with E-state index in [-0.39, 0.29) is 19.3 Å². The Morgan fingerprint density at radius 1 is 1.40 bits per heavy atom. The number of carboxylic acids is 1. The SMILES string of the molecule is NC(=O)CCC[C@H](NS(=O)(=O)O)C(=O)O. The first-order valence-electron chi connectivity index (χ1n) is 3.98. The van der Waals surface area contributed by atoms with Gasteiger partial charge < -0.3 is 10.8 Å². The van der Waals surface area contributed by atoms with Crippen molar-refractivity contribution in [2.75, 3.05) is 0 Å². The molecule has 0 rings (SSSR count). The molecule has 1 atom stereocenters. The highest BCUT2D eigenvalue weighted by atomic mass is 32.2. The second-order valence-corrected chi connectivity index (χ2v) is 4.03. The highest BCUT2D eigenvalue weighted by Crippen LogP contribution is 2.02. The molecule has 8 nitrogen and oxygen atoms in total. The fraction of sp³-hybridized carbons (Fsp3) is 0.667. The van der Waals surface area contributed by atoms with Crippen LogP contribution in [0, 0.1) is 0 Å². The number of hydrogen-bond donors (Lipinski definition) is 4. The Hall–Kier alpha value is -1.19. The van der Waals surface area contributed by atoms with E-state index in [1.807, 2.05) is 0 Å². The molecule has 0 fully saturated rings. The summed E-state index contributed by atoms with van der Waals surface area (Å²) in [6, 6.07) is -1.46. The standard InChI is InChI=1S/C6H12N2O6S/c7-5(9)3-1-2-4(6(10)11)8-15(12,13)14/h4,8H,1-3H2,(H2,7,9)(H,10,11)(H,12,13,14)/t4-/m0/s1. The van der Waals surface area contributed by atoms with Crippen molar-refractivity contribution in [1.29, 1.82) is 0 Å². The van der Waals surface area contributed by atoms with Crippen LogP contribution < -0.4 is 10.5 Å². The van der Waals surface area contributed by atoms with Crippen LogP contribution in [0.1, 0.15) is 19.3 Å². The number of nitrogens with two attached hydrogens (primary N) is 1. The lowest BCUT2D eigenvalue weighted by molar-refractivity contribution is -0.139. The summed E-state index contributed by atoms with van der Waals surface area (Å²) in [7, 11) is -4.57. The number of primary amides is 1. The Morgan fingerprint density at radius 3 is 2.27 bits per heavy atom. The van der Waals surface area contributed by atoms with Crippen molar-refractivity contribution in [1.82, 2.24) is 4.72 Å². The first kappa shape index (κ1) is 13.8. The van der Waals surface area contributed by atoms with Gasteiger partial charge in [0.15, 0.2) is 0 Å². The van der Waals surface area contributed by atoms with Crippen LogP contribution in [-0.4, -0.2) is 36.0 Å². The number of hydrogen-bond acceptors (Lipinski definition) is 4. The second kappa shape index (κ2) is 5.63. The molecule has 0 aliphatic heterocycles. The summed E-state index contributed by atoms with van der Waals surface area (Å²) in [5.41, 5.74) is 4.81. The van der Waals surface area contributed by atoms with Gasteiger partial charge in [-0.1, -0.05) is 0 Å². The molecule has 0 unspecified atom stereocenters. The molecule has 5 N–H and O–H groups in total. The molecule has 0 aromatic rings. The highest BCUT2D eigenvalue weighted by Gasteiger charge is 2.21. The molecule has 0 aliphatic carbocycles. The molecular formula is C6H12N2O6S. The third-order valence-electron chi connectivity index (χ3n) is 1.51. The van der Waals surface area contributed by atoms with Gasteiger partial charge in [0.1, 0.15) is 6.04 Å². The average molecular weight is 240 g/mol. The maximum Gasteiger partial charge on any atom is 0.334 e. The van der Waals surface area contributed by atoms with Crippen LogP contribution in [0.15, 0.2) is 0 Å². The third-order valence-corrected chi connectivity index (χ3v) is 2.09. The molecule has 0 saturated heterocycles. The summed E-state index contributed by atoms with van der Waals surface area (Å²) in [5.74, 6) is -2.04. The molecule has 0 aromatic carbocycles. The van der Waals surface area contributed by atoms with Crippen molar-refractivity contribution < 1.29 is 27.7 Å². The monoisotopic (exact) mass is 240 g/mol. The van der Waals surface area contributed by atoms with Crippen LogP contribution in [0.3, 0.4) is 0 Å². The van der Waals surface area contributed by atoms with E-state index in [9.17, 15) is 18.0 Å². The van der Waals surface area contributed by atoms with E-state index in [1.54, 1.807) is 0 Å². The van der Waals surface area contributed by atoms with Crippen molar-refractivity contribution >= 4 is 22.2 Å². The topological polar surface area (TPSA) is 147 Å². The van der Waals surface area contributed by atoms with Gasteiger partial charge in [0, 0.05) is 6.42 Å². The normalized spacial score (nSPS) is 13.4. The van der Waals surface area contributed by atoms with E-state index in [4.69, 9.17) is 15.4 Å². The number of carbonyl (C=O) groups excluding carboxylic acids is 1. The van der Waals surface area contributed by atoms with Crippen molar-refractivity contribution in [2.24, 2.45) is 5.73 Å². The fourth-order valence-electron chi connectivity index (χ4n) is 0.893. The molecule has 15 heavy (non-hydrogen) atoms. The van der Waals surface area contributed by atoms with Gasteiger partial charge in [0.05, 0.1) is 0 Å². The van der Waals surface area contributed by atoms with Gasteiger partial charge in [-0.05, 0) is 12.8 Å². The molecule has 0 aromatic heterocycles. The number of rotatable bonds is 7. The first-order chi connectivity index (χ1) is 6.72. The summed E-state index contributed by atoms with van der Waals surface area (Å²) in [4.78, 5) is 20.8. The molecule has 1 amide bonds. The Balaban J connectivity index is 4.18. The lowest BCUT2D eigenvalue weighted by Crippen LogP contribution is -2.40. The number of aliphatic carboxylic acids is 1. The fourth-order valence-corrected chi connectivity index (χ4v) is 1.47. The molecule has 88 valence electrons. The summed E-state index contributed by atoms with van der Waals surface area (Å²) < 4.78 is 30.5.